The highest BCUT2D eigenvalue weighted by Gasteiger charge is 2.32. The Morgan fingerprint density at radius 3 is 2.43 bits per heavy atom. The molecule has 1 amide bonds. The number of amides is 1. The molecule has 0 radical (unpaired) electrons. The van der Waals surface area contributed by atoms with Crippen LogP contribution in [0.2, 0.25) is 0 Å². The van der Waals surface area contributed by atoms with Crippen LogP contribution < -0.4 is 5.32 Å². The van der Waals surface area contributed by atoms with Gasteiger partial charge in [-0.15, -0.1) is 0 Å². The third kappa shape index (κ3) is 2.60. The van der Waals surface area contributed by atoms with E-state index in [1.165, 1.54) is 12.1 Å². The minimum atomic E-state index is -4.35. The molecule has 0 aliphatic rings. The molecule has 6 heteroatoms. The Labute approximate surface area is 91.6 Å². The van der Waals surface area contributed by atoms with Gasteiger partial charge < -0.3 is 5.32 Å². The van der Waals surface area contributed by atoms with E-state index in [4.69, 9.17) is 0 Å². The van der Waals surface area contributed by atoms with Crippen molar-refractivity contribution in [2.45, 2.75) is 6.18 Å². The van der Waals surface area contributed by atoms with Crippen molar-refractivity contribution in [1.82, 2.24) is 0 Å². The van der Waals surface area contributed by atoms with Gasteiger partial charge in [-0.05, 0) is 40.8 Å². The van der Waals surface area contributed by atoms with Gasteiger partial charge in [-0.2, -0.15) is 13.2 Å². The molecule has 0 atom stereocenters. The van der Waals surface area contributed by atoms with Crippen LogP contribution in [0.3, 0.4) is 0 Å². The molecule has 1 aromatic rings. The van der Waals surface area contributed by atoms with Crippen LogP contribution in [-0.2, 0) is 11.0 Å². The average Bonchev–Trinajstić information content (AvgIpc) is 2.02. The van der Waals surface area contributed by atoms with Crippen molar-refractivity contribution < 1.29 is 18.0 Å². The first-order valence-corrected chi connectivity index (χ1v) is 4.60. The Bertz CT molecular complexity index is 351. The molecule has 1 aromatic carbocycles. The molecule has 2 nitrogen and oxygen atoms in total. The van der Waals surface area contributed by atoms with Crippen molar-refractivity contribution in [2.24, 2.45) is 0 Å². The fraction of sp³-hybridized carbons (Fsp3) is 0.125. The molecule has 14 heavy (non-hydrogen) atoms. The van der Waals surface area contributed by atoms with Gasteiger partial charge >= 0.3 is 6.18 Å². The fourth-order valence-corrected chi connectivity index (χ4v) is 1.72. The van der Waals surface area contributed by atoms with E-state index in [0.717, 1.165) is 6.07 Å². The molecule has 0 bridgehead atoms. The van der Waals surface area contributed by atoms with E-state index in [1.54, 1.807) is 22.6 Å². The molecule has 0 unspecified atom stereocenters. The molecular formula is C8H5F3INO. The van der Waals surface area contributed by atoms with Crippen molar-refractivity contribution in [3.05, 3.63) is 27.3 Å². The van der Waals surface area contributed by atoms with Crippen LogP contribution in [0, 0.1) is 3.57 Å². The van der Waals surface area contributed by atoms with Crippen molar-refractivity contribution in [1.29, 1.82) is 0 Å². The molecule has 0 spiro atoms. The minimum Gasteiger partial charge on any atom is -0.329 e. The number of alkyl halides is 3. The van der Waals surface area contributed by atoms with Crippen molar-refractivity contribution >= 4 is 34.7 Å². The monoisotopic (exact) mass is 315 g/mol. The van der Waals surface area contributed by atoms with E-state index in [1.807, 2.05) is 0 Å². The van der Waals surface area contributed by atoms with Crippen LogP contribution in [0.1, 0.15) is 5.56 Å². The van der Waals surface area contributed by atoms with Gasteiger partial charge in [0.05, 0.1) is 5.56 Å². The molecular weight excluding hydrogens is 310 g/mol. The number of anilines is 1. The SMILES string of the molecule is O=CNc1ccc(C(F)(F)F)c(I)c1. The van der Waals surface area contributed by atoms with Crippen molar-refractivity contribution in [2.75, 3.05) is 5.32 Å². The van der Waals surface area contributed by atoms with Gasteiger partial charge in [-0.3, -0.25) is 4.79 Å². The first-order chi connectivity index (χ1) is 6.45. The highest BCUT2D eigenvalue weighted by Crippen LogP contribution is 2.33. The van der Waals surface area contributed by atoms with E-state index in [0.29, 0.717) is 12.1 Å². The highest BCUT2D eigenvalue weighted by atomic mass is 127. The second-order valence-electron chi connectivity index (χ2n) is 2.45. The van der Waals surface area contributed by atoms with E-state index >= 15 is 0 Å². The van der Waals surface area contributed by atoms with Crippen LogP contribution in [0.4, 0.5) is 18.9 Å². The van der Waals surface area contributed by atoms with E-state index in [9.17, 15) is 18.0 Å². The Morgan fingerprint density at radius 2 is 2.00 bits per heavy atom. The first kappa shape index (κ1) is 11.3. The molecule has 1 rings (SSSR count). The molecule has 0 saturated carbocycles. The summed E-state index contributed by atoms with van der Waals surface area (Å²) in [7, 11) is 0. The maximum atomic E-state index is 12.3. The van der Waals surface area contributed by atoms with Crippen LogP contribution >= 0.6 is 22.6 Å². The lowest BCUT2D eigenvalue weighted by atomic mass is 10.2. The van der Waals surface area contributed by atoms with Crippen molar-refractivity contribution in [3.8, 4) is 0 Å². The van der Waals surface area contributed by atoms with Gasteiger partial charge in [0.2, 0.25) is 6.41 Å². The first-order valence-electron chi connectivity index (χ1n) is 3.52. The summed E-state index contributed by atoms with van der Waals surface area (Å²) < 4.78 is 36.9. The predicted octanol–water partition coefficient (Wildman–Crippen LogP) is 2.88. The van der Waals surface area contributed by atoms with Crippen LogP contribution in [-0.4, -0.2) is 6.41 Å². The van der Waals surface area contributed by atoms with E-state index in [2.05, 4.69) is 5.32 Å². The Hall–Kier alpha value is -0.790. The third-order valence-electron chi connectivity index (χ3n) is 1.50. The number of hydrogen-bond donors (Lipinski definition) is 1. The second kappa shape index (κ2) is 4.16. The van der Waals surface area contributed by atoms with Gasteiger partial charge in [-0.1, -0.05) is 0 Å². The third-order valence-corrected chi connectivity index (χ3v) is 2.39. The summed E-state index contributed by atoms with van der Waals surface area (Å²) in [6, 6.07) is 3.41. The molecule has 0 aliphatic heterocycles. The Kier molecular flexibility index (Phi) is 3.35. The lowest BCUT2D eigenvalue weighted by Crippen LogP contribution is -2.07. The number of rotatable bonds is 2. The maximum absolute atomic E-state index is 12.3. The number of halogens is 4. The summed E-state index contributed by atoms with van der Waals surface area (Å²) >= 11 is 1.57. The standard InChI is InChI=1S/C8H5F3INO/c9-8(10,11)6-2-1-5(13-4-14)3-7(6)12/h1-4H,(H,13,14). The quantitative estimate of drug-likeness (QED) is 0.660. The molecule has 76 valence electrons. The van der Waals surface area contributed by atoms with Crippen LogP contribution in [0.25, 0.3) is 0 Å². The van der Waals surface area contributed by atoms with E-state index < -0.39 is 11.7 Å². The number of hydrogen-bond acceptors (Lipinski definition) is 1. The summed E-state index contributed by atoms with van der Waals surface area (Å²) in [4.78, 5) is 10.0. The normalized spacial score (nSPS) is 11.1. The lowest BCUT2D eigenvalue weighted by molar-refractivity contribution is -0.138. The average molecular weight is 315 g/mol. The maximum Gasteiger partial charge on any atom is 0.417 e. The highest BCUT2D eigenvalue weighted by molar-refractivity contribution is 14.1. The molecule has 0 heterocycles. The Balaban J connectivity index is 3.07. The number of nitrogens with one attached hydrogen (secondary N) is 1. The number of carbonyl (C=O) groups is 1. The topological polar surface area (TPSA) is 29.1 Å². The van der Waals surface area contributed by atoms with Gasteiger partial charge in [0, 0.05) is 9.26 Å². The van der Waals surface area contributed by atoms with Gasteiger partial charge in [-0.25, -0.2) is 0 Å². The summed E-state index contributed by atoms with van der Waals surface area (Å²) in [5.41, 5.74) is -0.355. The summed E-state index contributed by atoms with van der Waals surface area (Å²) in [6.45, 7) is 0. The van der Waals surface area contributed by atoms with Gasteiger partial charge in [0.1, 0.15) is 0 Å². The summed E-state index contributed by atoms with van der Waals surface area (Å²) in [5.74, 6) is 0. The van der Waals surface area contributed by atoms with Crippen molar-refractivity contribution in [3.63, 3.8) is 0 Å². The van der Waals surface area contributed by atoms with E-state index in [-0.39, 0.29) is 3.57 Å². The number of carbonyl (C=O) groups excluding carboxylic acids is 1. The zero-order valence-corrected chi connectivity index (χ0v) is 8.89. The smallest absolute Gasteiger partial charge is 0.329 e. The Morgan fingerprint density at radius 1 is 1.36 bits per heavy atom. The lowest BCUT2D eigenvalue weighted by Gasteiger charge is -2.09. The fourth-order valence-electron chi connectivity index (χ4n) is 0.903. The molecule has 0 aromatic heterocycles. The van der Waals surface area contributed by atoms with Crippen LogP contribution in [0.15, 0.2) is 18.2 Å². The van der Waals surface area contributed by atoms with Crippen LogP contribution in [0.5, 0.6) is 0 Å². The molecule has 0 saturated heterocycles. The zero-order chi connectivity index (χ0) is 10.8. The molecule has 0 fully saturated rings. The number of benzene rings is 1. The summed E-state index contributed by atoms with van der Waals surface area (Å²) in [5, 5.41) is 2.27. The molecule has 0 aliphatic carbocycles. The van der Waals surface area contributed by atoms with Gasteiger partial charge in [0.15, 0.2) is 0 Å². The van der Waals surface area contributed by atoms with Gasteiger partial charge in [0.25, 0.3) is 0 Å². The summed E-state index contributed by atoms with van der Waals surface area (Å²) in [6.07, 6.45) is -3.94. The zero-order valence-electron chi connectivity index (χ0n) is 6.73. The second-order valence-corrected chi connectivity index (χ2v) is 3.62. The minimum absolute atomic E-state index is 0.0574. The predicted molar refractivity (Wildman–Crippen MR) is 53.8 cm³/mol. The molecule has 1 N–H and O–H groups in total. The largest absolute Gasteiger partial charge is 0.417 e.